The summed E-state index contributed by atoms with van der Waals surface area (Å²) in [5, 5.41) is 13.4. The lowest BCUT2D eigenvalue weighted by atomic mass is 9.93. The van der Waals surface area contributed by atoms with Crippen molar-refractivity contribution in [3.05, 3.63) is 48.9 Å². The molecule has 0 saturated heterocycles. The van der Waals surface area contributed by atoms with E-state index in [0.717, 1.165) is 53.7 Å². The van der Waals surface area contributed by atoms with E-state index >= 15 is 0 Å². The molecule has 4 aromatic rings. The Morgan fingerprint density at radius 2 is 1.94 bits per heavy atom. The lowest BCUT2D eigenvalue weighted by Crippen LogP contribution is -2.26. The molecule has 4 heterocycles. The summed E-state index contributed by atoms with van der Waals surface area (Å²) in [6, 6.07) is 3.68. The minimum atomic E-state index is -0.383. The highest BCUT2D eigenvalue weighted by Crippen LogP contribution is 2.36. The highest BCUT2D eigenvalue weighted by Gasteiger charge is 2.27. The molecule has 160 valence electrons. The predicted octanol–water partition coefficient (Wildman–Crippen LogP) is 3.97. The van der Waals surface area contributed by atoms with Crippen LogP contribution >= 0.6 is 0 Å². The van der Waals surface area contributed by atoms with Crippen molar-refractivity contribution in [3.8, 4) is 17.0 Å². The summed E-state index contributed by atoms with van der Waals surface area (Å²) in [6.07, 6.45) is 12.0. The van der Waals surface area contributed by atoms with E-state index < -0.39 is 0 Å². The molecule has 0 amide bonds. The molecule has 31 heavy (non-hydrogen) atoms. The van der Waals surface area contributed by atoms with Gasteiger partial charge in [0.25, 0.3) is 0 Å². The quantitative estimate of drug-likeness (QED) is 0.525. The number of aryl methyl sites for hydroxylation is 1. The first-order valence-electron chi connectivity index (χ1n) is 10.4. The molecule has 1 N–H and O–H groups in total. The Labute approximate surface area is 179 Å². The Kier molecular flexibility index (Phi) is 5.01. The summed E-state index contributed by atoms with van der Waals surface area (Å²) in [7, 11) is 3.76. The van der Waals surface area contributed by atoms with E-state index in [-0.39, 0.29) is 18.0 Å². The third-order valence-corrected chi connectivity index (χ3v) is 5.80. The van der Waals surface area contributed by atoms with Crippen LogP contribution in [-0.4, -0.2) is 42.7 Å². The van der Waals surface area contributed by atoms with Gasteiger partial charge in [0, 0.05) is 49.6 Å². The van der Waals surface area contributed by atoms with Crippen molar-refractivity contribution < 1.29 is 9.13 Å². The molecule has 9 heteroatoms. The number of anilines is 1. The average Bonchev–Trinajstić information content (AvgIpc) is 3.37. The largest absolute Gasteiger partial charge is 0.489 e. The van der Waals surface area contributed by atoms with Crippen molar-refractivity contribution >= 4 is 16.7 Å². The molecule has 0 aromatic carbocycles. The van der Waals surface area contributed by atoms with Gasteiger partial charge < -0.3 is 10.1 Å². The Balaban J connectivity index is 1.41. The van der Waals surface area contributed by atoms with E-state index in [1.165, 1.54) is 12.3 Å². The number of hydrogen-bond donors (Lipinski definition) is 1. The van der Waals surface area contributed by atoms with Crippen molar-refractivity contribution in [2.45, 2.75) is 37.8 Å². The van der Waals surface area contributed by atoms with Gasteiger partial charge in [-0.05, 0) is 25.7 Å². The predicted molar refractivity (Wildman–Crippen MR) is 115 cm³/mol. The molecule has 5 rings (SSSR count). The number of rotatable bonds is 5. The number of pyridine rings is 2. The number of aromatic nitrogens is 6. The van der Waals surface area contributed by atoms with Crippen LogP contribution in [0.15, 0.2) is 43.1 Å². The zero-order valence-corrected chi connectivity index (χ0v) is 17.5. The first-order valence-corrected chi connectivity index (χ1v) is 10.4. The fourth-order valence-corrected chi connectivity index (χ4v) is 4.26. The normalized spacial score (nSPS) is 18.9. The SMILES string of the molecule is CNc1cc2c(cn1)c(-c1cnn(C)c1)nn2[C@H]1CC[C@@H](Oc2cncc(F)c2)CC1. The third kappa shape index (κ3) is 3.83. The van der Waals surface area contributed by atoms with Gasteiger partial charge in [0.15, 0.2) is 0 Å². The van der Waals surface area contributed by atoms with Gasteiger partial charge in [0.05, 0.1) is 36.3 Å². The number of ether oxygens (including phenoxy) is 1. The van der Waals surface area contributed by atoms with Crippen LogP contribution in [-0.2, 0) is 7.05 Å². The van der Waals surface area contributed by atoms with Crippen LogP contribution in [0.5, 0.6) is 5.75 Å². The van der Waals surface area contributed by atoms with Crippen LogP contribution in [0.2, 0.25) is 0 Å². The van der Waals surface area contributed by atoms with E-state index in [1.807, 2.05) is 38.8 Å². The lowest BCUT2D eigenvalue weighted by Gasteiger charge is -2.29. The third-order valence-electron chi connectivity index (χ3n) is 5.80. The van der Waals surface area contributed by atoms with Gasteiger partial charge in [0.2, 0.25) is 0 Å². The van der Waals surface area contributed by atoms with Crippen LogP contribution in [0.25, 0.3) is 22.2 Å². The Hall–Kier alpha value is -3.49. The summed E-state index contributed by atoms with van der Waals surface area (Å²) in [6.45, 7) is 0. The first-order chi connectivity index (χ1) is 15.1. The molecule has 0 spiro atoms. The van der Waals surface area contributed by atoms with Crippen molar-refractivity contribution in [1.82, 2.24) is 29.5 Å². The van der Waals surface area contributed by atoms with E-state index in [9.17, 15) is 4.39 Å². The fourth-order valence-electron chi connectivity index (χ4n) is 4.26. The molecule has 1 fully saturated rings. The summed E-state index contributed by atoms with van der Waals surface area (Å²) >= 11 is 0. The molecule has 1 aliphatic rings. The lowest BCUT2D eigenvalue weighted by molar-refractivity contribution is 0.130. The van der Waals surface area contributed by atoms with Gasteiger partial charge in [-0.3, -0.25) is 14.3 Å². The second-order valence-corrected chi connectivity index (χ2v) is 7.92. The van der Waals surface area contributed by atoms with E-state index in [2.05, 4.69) is 25.1 Å². The molecule has 1 saturated carbocycles. The van der Waals surface area contributed by atoms with E-state index in [0.29, 0.717) is 5.75 Å². The van der Waals surface area contributed by atoms with Crippen LogP contribution in [0.3, 0.4) is 0 Å². The first kappa shape index (κ1) is 19.5. The summed E-state index contributed by atoms with van der Waals surface area (Å²) in [4.78, 5) is 8.36. The Morgan fingerprint density at radius 1 is 1.10 bits per heavy atom. The number of nitrogens with one attached hydrogen (secondary N) is 1. The standard InChI is InChI=1S/C22H24FN7O/c1-24-21-8-20-19(12-26-21)22(14-9-27-29(2)13-14)28-30(20)16-3-5-17(6-4-16)31-18-7-15(23)10-25-11-18/h7-13,16-17H,3-6H2,1-2H3,(H,24,26)/t16-,17+. The monoisotopic (exact) mass is 421 g/mol. The van der Waals surface area contributed by atoms with Gasteiger partial charge in [-0.15, -0.1) is 0 Å². The molecule has 8 nitrogen and oxygen atoms in total. The number of hydrogen-bond acceptors (Lipinski definition) is 6. The molecule has 0 atom stereocenters. The van der Waals surface area contributed by atoms with Crippen LogP contribution in [0.1, 0.15) is 31.7 Å². The Morgan fingerprint density at radius 3 is 2.65 bits per heavy atom. The van der Waals surface area contributed by atoms with Gasteiger partial charge in [-0.1, -0.05) is 0 Å². The second kappa shape index (κ2) is 7.98. The molecular formula is C22H24FN7O. The number of nitrogens with zero attached hydrogens (tertiary/aromatic N) is 6. The van der Waals surface area contributed by atoms with Gasteiger partial charge in [-0.2, -0.15) is 10.2 Å². The van der Waals surface area contributed by atoms with Gasteiger partial charge in [0.1, 0.15) is 23.1 Å². The highest BCUT2D eigenvalue weighted by molar-refractivity contribution is 5.93. The average molecular weight is 421 g/mol. The van der Waals surface area contributed by atoms with Crippen molar-refractivity contribution in [1.29, 1.82) is 0 Å². The maximum absolute atomic E-state index is 13.4. The minimum absolute atomic E-state index is 0.0500. The van der Waals surface area contributed by atoms with Crippen molar-refractivity contribution in [2.75, 3.05) is 12.4 Å². The van der Waals surface area contributed by atoms with Gasteiger partial charge >= 0.3 is 0 Å². The van der Waals surface area contributed by atoms with Crippen molar-refractivity contribution in [3.63, 3.8) is 0 Å². The van der Waals surface area contributed by atoms with Crippen LogP contribution in [0, 0.1) is 5.82 Å². The zero-order chi connectivity index (χ0) is 21.4. The maximum Gasteiger partial charge on any atom is 0.145 e. The fraction of sp³-hybridized carbons (Fsp3) is 0.364. The summed E-state index contributed by atoms with van der Waals surface area (Å²) in [5.41, 5.74) is 2.92. The molecule has 1 aliphatic carbocycles. The highest BCUT2D eigenvalue weighted by atomic mass is 19.1. The Bertz CT molecular complexity index is 1210. The van der Waals surface area contributed by atoms with E-state index in [4.69, 9.17) is 9.84 Å². The molecule has 0 radical (unpaired) electrons. The molecule has 0 bridgehead atoms. The van der Waals surface area contributed by atoms with Crippen LogP contribution in [0.4, 0.5) is 10.2 Å². The van der Waals surface area contributed by atoms with E-state index in [1.54, 1.807) is 10.9 Å². The second-order valence-electron chi connectivity index (χ2n) is 7.92. The number of halogens is 1. The summed E-state index contributed by atoms with van der Waals surface area (Å²) in [5.74, 6) is 0.907. The molecular weight excluding hydrogens is 397 g/mol. The van der Waals surface area contributed by atoms with Crippen LogP contribution < -0.4 is 10.1 Å². The van der Waals surface area contributed by atoms with Crippen molar-refractivity contribution in [2.24, 2.45) is 7.05 Å². The number of fused-ring (bicyclic) bond motifs is 1. The summed E-state index contributed by atoms with van der Waals surface area (Å²) < 4.78 is 23.2. The molecule has 0 aliphatic heterocycles. The molecule has 0 unspecified atom stereocenters. The smallest absolute Gasteiger partial charge is 0.145 e. The molecule has 4 aromatic heterocycles. The zero-order valence-electron chi connectivity index (χ0n) is 17.5. The van der Waals surface area contributed by atoms with Gasteiger partial charge in [-0.25, -0.2) is 9.37 Å². The topological polar surface area (TPSA) is 82.7 Å². The minimum Gasteiger partial charge on any atom is -0.489 e. The maximum atomic E-state index is 13.4.